The van der Waals surface area contributed by atoms with Gasteiger partial charge in [0.2, 0.25) is 0 Å². The van der Waals surface area contributed by atoms with Gasteiger partial charge < -0.3 is 10.4 Å². The van der Waals surface area contributed by atoms with E-state index in [9.17, 15) is 4.79 Å². The molecule has 0 amide bonds. The van der Waals surface area contributed by atoms with Crippen LogP contribution in [0.4, 0.5) is 0 Å². The zero-order chi connectivity index (χ0) is 20.2. The number of nitrogens with zero attached hydrogens (tertiary/aromatic N) is 1. The lowest BCUT2D eigenvalue weighted by Crippen LogP contribution is -2.16. The van der Waals surface area contributed by atoms with Gasteiger partial charge in [-0.2, -0.15) is 0 Å². The number of nitrogens with one attached hydrogen (secondary N) is 1. The zero-order valence-corrected chi connectivity index (χ0v) is 18.7. The molecule has 1 aromatic heterocycles. The summed E-state index contributed by atoms with van der Waals surface area (Å²) in [5, 5.41) is 15.9. The summed E-state index contributed by atoms with van der Waals surface area (Å²) >= 11 is 3.62. The third kappa shape index (κ3) is 5.04. The molecule has 156 valence electrons. The van der Waals surface area contributed by atoms with Crippen LogP contribution in [0.15, 0.2) is 22.4 Å². The number of carboxylic acids is 1. The standard InChI is InChI=1S/C23H30N2O2S2/c1-28-21-13-18-9-11-24-10-8-17(18)12-19(21)20-14-29-23(25-20)16-5-2-15(3-6-16)4-7-22(26)27/h12-16,24H,2-11H2,1H3,(H,26,27). The quantitative estimate of drug-likeness (QED) is 0.604. The van der Waals surface area contributed by atoms with Crippen LogP contribution in [0.1, 0.15) is 60.6 Å². The van der Waals surface area contributed by atoms with E-state index in [4.69, 9.17) is 10.1 Å². The average molecular weight is 431 g/mol. The monoisotopic (exact) mass is 430 g/mol. The molecule has 1 fully saturated rings. The Morgan fingerprint density at radius 3 is 2.62 bits per heavy atom. The summed E-state index contributed by atoms with van der Waals surface area (Å²) in [4.78, 5) is 17.2. The van der Waals surface area contributed by atoms with E-state index in [1.54, 1.807) is 11.3 Å². The van der Waals surface area contributed by atoms with E-state index in [1.165, 1.54) is 26.6 Å². The Morgan fingerprint density at radius 1 is 1.21 bits per heavy atom. The number of carbonyl (C=O) groups is 1. The number of carboxylic acid groups (broad SMARTS) is 1. The lowest BCUT2D eigenvalue weighted by molar-refractivity contribution is -0.137. The van der Waals surface area contributed by atoms with E-state index in [1.807, 2.05) is 11.8 Å². The minimum absolute atomic E-state index is 0.308. The number of hydrogen-bond donors (Lipinski definition) is 2. The normalized spacial score (nSPS) is 22.1. The Balaban J connectivity index is 1.48. The van der Waals surface area contributed by atoms with Gasteiger partial charge in [-0.25, -0.2) is 4.98 Å². The van der Waals surface area contributed by atoms with Gasteiger partial charge in [0.05, 0.1) is 10.7 Å². The van der Waals surface area contributed by atoms with Gasteiger partial charge in [0.25, 0.3) is 0 Å². The van der Waals surface area contributed by atoms with E-state index >= 15 is 0 Å². The second-order valence-electron chi connectivity index (χ2n) is 8.29. The molecule has 1 aromatic carbocycles. The average Bonchev–Trinajstić information content (AvgIpc) is 3.11. The number of hydrogen-bond acceptors (Lipinski definition) is 5. The molecule has 4 nitrogen and oxygen atoms in total. The molecule has 2 heterocycles. The van der Waals surface area contributed by atoms with Crippen molar-refractivity contribution in [3.8, 4) is 11.3 Å². The van der Waals surface area contributed by atoms with Gasteiger partial charge in [-0.1, -0.05) is 0 Å². The van der Waals surface area contributed by atoms with Crippen LogP contribution in [-0.2, 0) is 17.6 Å². The highest BCUT2D eigenvalue weighted by Gasteiger charge is 2.25. The van der Waals surface area contributed by atoms with Crippen LogP contribution in [0, 0.1) is 5.92 Å². The molecule has 2 aromatic rings. The number of thiazole rings is 1. The van der Waals surface area contributed by atoms with E-state index < -0.39 is 5.97 Å². The van der Waals surface area contributed by atoms with Crippen LogP contribution in [0.2, 0.25) is 0 Å². The maximum absolute atomic E-state index is 10.8. The lowest BCUT2D eigenvalue weighted by Gasteiger charge is -2.26. The van der Waals surface area contributed by atoms with Crippen molar-refractivity contribution >= 4 is 29.1 Å². The van der Waals surface area contributed by atoms with Crippen LogP contribution in [0.3, 0.4) is 0 Å². The molecule has 1 saturated carbocycles. The van der Waals surface area contributed by atoms with Crippen molar-refractivity contribution in [2.75, 3.05) is 19.3 Å². The maximum atomic E-state index is 10.8. The van der Waals surface area contributed by atoms with Crippen molar-refractivity contribution in [2.24, 2.45) is 5.92 Å². The highest BCUT2D eigenvalue weighted by atomic mass is 32.2. The molecule has 2 N–H and O–H groups in total. The molecule has 6 heteroatoms. The molecule has 1 aliphatic heterocycles. The van der Waals surface area contributed by atoms with Gasteiger partial charge in [-0.3, -0.25) is 4.79 Å². The van der Waals surface area contributed by atoms with Gasteiger partial charge in [0.15, 0.2) is 0 Å². The van der Waals surface area contributed by atoms with Crippen molar-refractivity contribution in [3.63, 3.8) is 0 Å². The van der Waals surface area contributed by atoms with Gasteiger partial charge >= 0.3 is 5.97 Å². The van der Waals surface area contributed by atoms with E-state index in [-0.39, 0.29) is 0 Å². The van der Waals surface area contributed by atoms with E-state index in [0.29, 0.717) is 18.3 Å². The SMILES string of the molecule is CSc1cc2c(cc1-c1csc(C3CCC(CCC(=O)O)CC3)n1)CCNCC2. The first kappa shape index (κ1) is 20.9. The second-order valence-corrected chi connectivity index (χ2v) is 10.0. The molecule has 0 radical (unpaired) electrons. The predicted molar refractivity (Wildman–Crippen MR) is 121 cm³/mol. The third-order valence-electron chi connectivity index (χ3n) is 6.42. The first-order valence-corrected chi connectivity index (χ1v) is 12.8. The minimum atomic E-state index is -0.669. The van der Waals surface area contributed by atoms with Crippen LogP contribution >= 0.6 is 23.1 Å². The second kappa shape index (κ2) is 9.63. The highest BCUT2D eigenvalue weighted by molar-refractivity contribution is 7.98. The lowest BCUT2D eigenvalue weighted by atomic mass is 9.80. The fraction of sp³-hybridized carbons (Fsp3) is 0.565. The molecule has 2 aliphatic rings. The van der Waals surface area contributed by atoms with Crippen molar-refractivity contribution in [2.45, 2.75) is 62.2 Å². The molecular weight excluding hydrogens is 400 g/mol. The smallest absolute Gasteiger partial charge is 0.303 e. The minimum Gasteiger partial charge on any atom is -0.481 e. The number of aromatic nitrogens is 1. The van der Waals surface area contributed by atoms with Crippen molar-refractivity contribution < 1.29 is 9.90 Å². The number of aliphatic carboxylic acids is 1. The molecule has 29 heavy (non-hydrogen) atoms. The van der Waals surface area contributed by atoms with Crippen LogP contribution in [-0.4, -0.2) is 35.4 Å². The summed E-state index contributed by atoms with van der Waals surface area (Å²) in [5.74, 6) is 0.443. The Labute approximate surface area is 181 Å². The Morgan fingerprint density at radius 2 is 1.93 bits per heavy atom. The van der Waals surface area contributed by atoms with Crippen LogP contribution in [0.5, 0.6) is 0 Å². The number of benzene rings is 1. The van der Waals surface area contributed by atoms with Gasteiger partial charge in [-0.05, 0) is 93.5 Å². The molecule has 0 atom stereocenters. The molecule has 0 unspecified atom stereocenters. The molecule has 1 aliphatic carbocycles. The summed E-state index contributed by atoms with van der Waals surface area (Å²) in [6.45, 7) is 2.12. The Kier molecular flexibility index (Phi) is 6.93. The van der Waals surface area contributed by atoms with E-state index in [0.717, 1.165) is 63.7 Å². The number of thioether (sulfide) groups is 1. The molecule has 0 bridgehead atoms. The summed E-state index contributed by atoms with van der Waals surface area (Å²) in [5.41, 5.74) is 5.37. The molecule has 0 saturated heterocycles. The van der Waals surface area contributed by atoms with Crippen LogP contribution < -0.4 is 5.32 Å². The van der Waals surface area contributed by atoms with Crippen LogP contribution in [0.25, 0.3) is 11.3 Å². The summed E-state index contributed by atoms with van der Waals surface area (Å²) in [6, 6.07) is 4.77. The largest absolute Gasteiger partial charge is 0.481 e. The topological polar surface area (TPSA) is 62.2 Å². The fourth-order valence-electron chi connectivity index (χ4n) is 4.70. The van der Waals surface area contributed by atoms with Crippen molar-refractivity contribution in [3.05, 3.63) is 33.6 Å². The van der Waals surface area contributed by atoms with Gasteiger partial charge in [0, 0.05) is 28.2 Å². The fourth-order valence-corrected chi connectivity index (χ4v) is 6.33. The zero-order valence-electron chi connectivity index (χ0n) is 17.1. The third-order valence-corrected chi connectivity index (χ3v) is 8.21. The summed E-state index contributed by atoms with van der Waals surface area (Å²) in [6.07, 6.45) is 10.0. The molecular formula is C23H30N2O2S2. The summed E-state index contributed by atoms with van der Waals surface area (Å²) < 4.78 is 0. The Bertz CT molecular complexity index is 857. The molecule has 0 spiro atoms. The highest BCUT2D eigenvalue weighted by Crippen LogP contribution is 2.41. The van der Waals surface area contributed by atoms with Crippen molar-refractivity contribution in [1.29, 1.82) is 0 Å². The van der Waals surface area contributed by atoms with Gasteiger partial charge in [0.1, 0.15) is 0 Å². The van der Waals surface area contributed by atoms with Gasteiger partial charge in [-0.15, -0.1) is 23.1 Å². The predicted octanol–water partition coefficient (Wildman–Crippen LogP) is 5.36. The number of fused-ring (bicyclic) bond motifs is 1. The first-order valence-electron chi connectivity index (χ1n) is 10.7. The first-order chi connectivity index (χ1) is 14.1. The molecule has 4 rings (SSSR count). The Hall–Kier alpha value is -1.37. The maximum Gasteiger partial charge on any atom is 0.303 e. The van der Waals surface area contributed by atoms with E-state index in [2.05, 4.69) is 29.1 Å². The number of rotatable bonds is 6. The van der Waals surface area contributed by atoms with Crippen molar-refractivity contribution in [1.82, 2.24) is 10.3 Å². The summed E-state index contributed by atoms with van der Waals surface area (Å²) in [7, 11) is 0.